The average molecular weight is 388 g/mol. The highest BCUT2D eigenvalue weighted by Crippen LogP contribution is 2.23. The van der Waals surface area contributed by atoms with Crippen LogP contribution in [-0.2, 0) is 9.59 Å². The van der Waals surface area contributed by atoms with Gasteiger partial charge in [0, 0.05) is 17.8 Å². The first-order chi connectivity index (χ1) is 14.0. The zero-order chi connectivity index (χ0) is 20.6. The molecule has 5 heteroatoms. The fourth-order valence-electron chi connectivity index (χ4n) is 2.79. The molecule has 3 rings (SSSR count). The maximum absolute atomic E-state index is 12.2. The minimum absolute atomic E-state index is 0.0705. The Morgan fingerprint density at radius 2 is 1.52 bits per heavy atom. The lowest BCUT2D eigenvalue weighted by Crippen LogP contribution is -2.20. The van der Waals surface area contributed by atoms with Crippen molar-refractivity contribution in [1.82, 2.24) is 0 Å². The molecule has 0 aromatic heterocycles. The maximum Gasteiger partial charge on any atom is 0.262 e. The molecule has 29 heavy (non-hydrogen) atoms. The predicted octanol–water partition coefficient (Wildman–Crippen LogP) is 5.03. The number of rotatable bonds is 7. The molecule has 3 aromatic carbocycles. The van der Waals surface area contributed by atoms with Gasteiger partial charge < -0.3 is 15.4 Å². The number of carbonyl (C=O) groups is 2. The second-order valence-corrected chi connectivity index (χ2v) is 6.66. The van der Waals surface area contributed by atoms with Crippen molar-refractivity contribution in [1.29, 1.82) is 0 Å². The molecule has 0 aliphatic rings. The molecule has 0 heterocycles. The van der Waals surface area contributed by atoms with Crippen LogP contribution in [0, 0.1) is 6.92 Å². The van der Waals surface area contributed by atoms with Gasteiger partial charge in [-0.15, -0.1) is 0 Å². The number of anilines is 2. The number of hydrogen-bond donors (Lipinski definition) is 2. The maximum atomic E-state index is 12.2. The van der Waals surface area contributed by atoms with Gasteiger partial charge in [-0.25, -0.2) is 0 Å². The summed E-state index contributed by atoms with van der Waals surface area (Å²) in [5.41, 5.74) is 4.44. The molecule has 0 unspecified atom stereocenters. The Hall–Kier alpha value is -3.60. The summed E-state index contributed by atoms with van der Waals surface area (Å²) >= 11 is 0. The lowest BCUT2D eigenvalue weighted by molar-refractivity contribution is -0.118. The van der Waals surface area contributed by atoms with Crippen LogP contribution in [0.25, 0.3) is 11.1 Å². The summed E-state index contributed by atoms with van der Waals surface area (Å²) in [5.74, 6) is 0.284. The van der Waals surface area contributed by atoms with Crippen LogP contribution in [0.2, 0.25) is 0 Å². The molecular formula is C24H24N2O3. The molecule has 3 aromatic rings. The highest BCUT2D eigenvalue weighted by atomic mass is 16.5. The van der Waals surface area contributed by atoms with Crippen molar-refractivity contribution in [2.45, 2.75) is 20.3 Å². The van der Waals surface area contributed by atoms with Gasteiger partial charge in [-0.3, -0.25) is 9.59 Å². The van der Waals surface area contributed by atoms with Gasteiger partial charge >= 0.3 is 0 Å². The Morgan fingerprint density at radius 3 is 2.21 bits per heavy atom. The second kappa shape index (κ2) is 9.55. The zero-order valence-corrected chi connectivity index (χ0v) is 16.6. The molecule has 0 aliphatic heterocycles. The van der Waals surface area contributed by atoms with E-state index in [0.29, 0.717) is 23.5 Å². The summed E-state index contributed by atoms with van der Waals surface area (Å²) in [4.78, 5) is 23.8. The number of hydrogen-bond acceptors (Lipinski definition) is 3. The van der Waals surface area contributed by atoms with E-state index in [1.54, 1.807) is 19.1 Å². The van der Waals surface area contributed by atoms with Gasteiger partial charge in [-0.2, -0.15) is 0 Å². The van der Waals surface area contributed by atoms with E-state index in [1.807, 2.05) is 67.6 Å². The molecule has 0 bridgehead atoms. The summed E-state index contributed by atoms with van der Waals surface area (Å²) in [6, 6.07) is 23.1. The van der Waals surface area contributed by atoms with E-state index in [1.165, 1.54) is 0 Å². The van der Waals surface area contributed by atoms with Crippen LogP contribution in [0.3, 0.4) is 0 Å². The number of aryl methyl sites for hydroxylation is 1. The molecule has 2 amide bonds. The topological polar surface area (TPSA) is 67.4 Å². The molecule has 5 nitrogen and oxygen atoms in total. The van der Waals surface area contributed by atoms with Gasteiger partial charge in [-0.05, 0) is 47.9 Å². The highest BCUT2D eigenvalue weighted by Gasteiger charge is 2.08. The third-order valence-corrected chi connectivity index (χ3v) is 4.45. The van der Waals surface area contributed by atoms with Crippen molar-refractivity contribution in [3.05, 3.63) is 78.4 Å². The monoisotopic (exact) mass is 388 g/mol. The number of carbonyl (C=O) groups excluding carboxylic acids is 2. The minimum Gasteiger partial charge on any atom is -0.484 e. The molecule has 148 valence electrons. The number of amides is 2. The van der Waals surface area contributed by atoms with E-state index in [-0.39, 0.29) is 18.4 Å². The SMILES string of the molecule is CCC(=O)Nc1cc(NC(=O)COc2ccc(-c3ccccc3)cc2)ccc1C. The van der Waals surface area contributed by atoms with Crippen molar-refractivity contribution in [3.8, 4) is 16.9 Å². The van der Waals surface area contributed by atoms with E-state index in [2.05, 4.69) is 10.6 Å². The molecule has 0 saturated heterocycles. The summed E-state index contributed by atoms with van der Waals surface area (Å²) in [5, 5.41) is 5.62. The Kier molecular flexibility index (Phi) is 6.63. The van der Waals surface area contributed by atoms with Gasteiger partial charge in [0.2, 0.25) is 5.91 Å². The van der Waals surface area contributed by atoms with Crippen molar-refractivity contribution in [2.24, 2.45) is 0 Å². The Bertz CT molecular complexity index is 983. The predicted molar refractivity (Wildman–Crippen MR) is 116 cm³/mol. The van der Waals surface area contributed by atoms with Crippen molar-refractivity contribution < 1.29 is 14.3 Å². The Balaban J connectivity index is 1.56. The smallest absolute Gasteiger partial charge is 0.262 e. The molecule has 0 fully saturated rings. The molecule has 0 saturated carbocycles. The first-order valence-corrected chi connectivity index (χ1v) is 9.54. The molecule has 0 spiro atoms. The molecule has 0 atom stereocenters. The Morgan fingerprint density at radius 1 is 0.828 bits per heavy atom. The van der Waals surface area contributed by atoms with E-state index >= 15 is 0 Å². The fraction of sp³-hybridized carbons (Fsp3) is 0.167. The third kappa shape index (κ3) is 5.69. The largest absolute Gasteiger partial charge is 0.484 e. The van der Waals surface area contributed by atoms with Crippen LogP contribution < -0.4 is 15.4 Å². The van der Waals surface area contributed by atoms with Crippen LogP contribution in [0.1, 0.15) is 18.9 Å². The van der Waals surface area contributed by atoms with E-state index in [9.17, 15) is 9.59 Å². The first kappa shape index (κ1) is 20.1. The van der Waals surface area contributed by atoms with Crippen molar-refractivity contribution >= 4 is 23.2 Å². The number of benzene rings is 3. The summed E-state index contributed by atoms with van der Waals surface area (Å²) in [7, 11) is 0. The van der Waals surface area contributed by atoms with Gasteiger partial charge in [0.15, 0.2) is 6.61 Å². The van der Waals surface area contributed by atoms with E-state index in [0.717, 1.165) is 16.7 Å². The van der Waals surface area contributed by atoms with Gasteiger partial charge in [0.05, 0.1) is 0 Å². The van der Waals surface area contributed by atoms with Crippen LogP contribution in [0.15, 0.2) is 72.8 Å². The quantitative estimate of drug-likeness (QED) is 0.597. The molecule has 0 aliphatic carbocycles. The van der Waals surface area contributed by atoms with Crippen LogP contribution in [-0.4, -0.2) is 18.4 Å². The van der Waals surface area contributed by atoms with E-state index in [4.69, 9.17) is 4.74 Å². The lowest BCUT2D eigenvalue weighted by atomic mass is 10.1. The van der Waals surface area contributed by atoms with Gasteiger partial charge in [0.1, 0.15) is 5.75 Å². The average Bonchev–Trinajstić information content (AvgIpc) is 2.75. The standard InChI is InChI=1S/C24H24N2O3/c1-3-23(27)26-22-15-20(12-9-17(22)2)25-24(28)16-29-21-13-10-19(11-14-21)18-7-5-4-6-8-18/h4-15H,3,16H2,1-2H3,(H,25,28)(H,26,27). The number of ether oxygens (including phenoxy) is 1. The zero-order valence-electron chi connectivity index (χ0n) is 16.6. The van der Waals surface area contributed by atoms with Crippen molar-refractivity contribution in [3.63, 3.8) is 0 Å². The third-order valence-electron chi connectivity index (χ3n) is 4.45. The van der Waals surface area contributed by atoms with Crippen LogP contribution >= 0.6 is 0 Å². The minimum atomic E-state index is -0.270. The normalized spacial score (nSPS) is 10.3. The molecular weight excluding hydrogens is 364 g/mol. The van der Waals surface area contributed by atoms with Crippen LogP contribution in [0.5, 0.6) is 5.75 Å². The van der Waals surface area contributed by atoms with Crippen LogP contribution in [0.4, 0.5) is 11.4 Å². The lowest BCUT2D eigenvalue weighted by Gasteiger charge is -2.12. The molecule has 0 radical (unpaired) electrons. The summed E-state index contributed by atoms with van der Waals surface area (Å²) in [6.45, 7) is 3.59. The fourth-order valence-corrected chi connectivity index (χ4v) is 2.79. The molecule has 2 N–H and O–H groups in total. The highest BCUT2D eigenvalue weighted by molar-refractivity contribution is 5.95. The van der Waals surface area contributed by atoms with Gasteiger partial charge in [-0.1, -0.05) is 55.5 Å². The van der Waals surface area contributed by atoms with E-state index < -0.39 is 0 Å². The van der Waals surface area contributed by atoms with Crippen molar-refractivity contribution in [2.75, 3.05) is 17.2 Å². The summed E-state index contributed by atoms with van der Waals surface area (Å²) < 4.78 is 5.59. The number of nitrogens with one attached hydrogen (secondary N) is 2. The first-order valence-electron chi connectivity index (χ1n) is 9.54. The van der Waals surface area contributed by atoms with Gasteiger partial charge in [0.25, 0.3) is 5.91 Å². The Labute approximate surface area is 170 Å². The summed E-state index contributed by atoms with van der Waals surface area (Å²) in [6.07, 6.45) is 0.396. The second-order valence-electron chi connectivity index (χ2n) is 6.66.